The Hall–Kier alpha value is -2.65. The number of aromatic nitrogens is 1. The zero-order chi connectivity index (χ0) is 20.0. The number of rotatable bonds is 7. The van der Waals surface area contributed by atoms with Gasteiger partial charge in [0.25, 0.3) is 11.6 Å². The van der Waals surface area contributed by atoms with Crippen LogP contribution in [0.2, 0.25) is 5.15 Å². The average molecular weight is 410 g/mol. The summed E-state index contributed by atoms with van der Waals surface area (Å²) >= 11 is 7.04. The van der Waals surface area contributed by atoms with Gasteiger partial charge in [0, 0.05) is 23.2 Å². The van der Waals surface area contributed by atoms with E-state index in [0.29, 0.717) is 10.6 Å². The molecule has 1 aromatic heterocycles. The summed E-state index contributed by atoms with van der Waals surface area (Å²) < 4.78 is 5.18. The molecule has 0 radical (unpaired) electrons. The lowest BCUT2D eigenvalue weighted by Gasteiger charge is -2.16. The molecule has 0 bridgehead atoms. The van der Waals surface area contributed by atoms with E-state index < -0.39 is 28.2 Å². The maximum atomic E-state index is 12.2. The van der Waals surface area contributed by atoms with Gasteiger partial charge in [0.15, 0.2) is 11.3 Å². The van der Waals surface area contributed by atoms with Crippen LogP contribution in [0.3, 0.4) is 0 Å². The summed E-state index contributed by atoms with van der Waals surface area (Å²) in [7, 11) is 0. The molecule has 2 aromatic rings. The van der Waals surface area contributed by atoms with Crippen LogP contribution in [0.1, 0.15) is 13.8 Å². The van der Waals surface area contributed by atoms with Gasteiger partial charge in [-0.3, -0.25) is 19.7 Å². The molecule has 0 aliphatic heterocycles. The van der Waals surface area contributed by atoms with Crippen molar-refractivity contribution < 1.29 is 19.2 Å². The topological polar surface area (TPSA) is 111 Å². The SMILES string of the molecule is C[C@H](Sc1ccc([N+](=O)[O-])cc1)C(=O)O[C@H](C)C(=O)Nc1cccnc1Cl. The number of nitro groups is 1. The van der Waals surface area contributed by atoms with Crippen LogP contribution >= 0.6 is 23.4 Å². The predicted octanol–water partition coefficient (Wildman–Crippen LogP) is 3.69. The molecule has 0 fully saturated rings. The summed E-state index contributed by atoms with van der Waals surface area (Å²) in [6.45, 7) is 3.07. The number of hydrogen-bond donors (Lipinski definition) is 1. The van der Waals surface area contributed by atoms with Crippen LogP contribution in [0.15, 0.2) is 47.5 Å². The van der Waals surface area contributed by atoms with Gasteiger partial charge in [-0.15, -0.1) is 11.8 Å². The average Bonchev–Trinajstić information content (AvgIpc) is 2.63. The molecule has 0 spiro atoms. The highest BCUT2D eigenvalue weighted by atomic mass is 35.5. The van der Waals surface area contributed by atoms with Crippen LogP contribution in [0.5, 0.6) is 0 Å². The van der Waals surface area contributed by atoms with Gasteiger partial charge in [-0.2, -0.15) is 0 Å². The fourth-order valence-electron chi connectivity index (χ4n) is 1.94. The third-order valence-corrected chi connectivity index (χ3v) is 4.76. The molecule has 1 amide bonds. The number of amides is 1. The number of hydrogen-bond acceptors (Lipinski definition) is 7. The van der Waals surface area contributed by atoms with Crippen LogP contribution in [0, 0.1) is 10.1 Å². The van der Waals surface area contributed by atoms with Crippen molar-refractivity contribution in [2.75, 3.05) is 5.32 Å². The van der Waals surface area contributed by atoms with Crippen LogP contribution in [-0.4, -0.2) is 33.1 Å². The number of carbonyl (C=O) groups excluding carboxylic acids is 2. The maximum absolute atomic E-state index is 12.2. The molecular formula is C17H16ClN3O5S. The first-order chi connectivity index (χ1) is 12.8. The van der Waals surface area contributed by atoms with Crippen molar-refractivity contribution in [2.24, 2.45) is 0 Å². The Morgan fingerprint density at radius 3 is 2.52 bits per heavy atom. The maximum Gasteiger partial charge on any atom is 0.319 e. The summed E-state index contributed by atoms with van der Waals surface area (Å²) in [4.78, 5) is 39.0. The summed E-state index contributed by atoms with van der Waals surface area (Å²) in [5, 5.41) is 12.7. The van der Waals surface area contributed by atoms with E-state index in [0.717, 1.165) is 0 Å². The number of halogens is 1. The lowest BCUT2D eigenvalue weighted by atomic mass is 10.3. The van der Waals surface area contributed by atoms with E-state index in [2.05, 4.69) is 10.3 Å². The molecule has 0 saturated heterocycles. The molecule has 2 atom stereocenters. The standard InChI is InChI=1S/C17H16ClN3O5S/c1-10(16(22)20-14-4-3-9-19-15(14)18)26-17(23)11(2)27-13-7-5-12(6-8-13)21(24)25/h3-11H,1-2H3,(H,20,22)/t10-,11+/m1/s1. The van der Waals surface area contributed by atoms with Crippen molar-refractivity contribution in [3.05, 3.63) is 57.9 Å². The van der Waals surface area contributed by atoms with Gasteiger partial charge in [0.1, 0.15) is 5.25 Å². The number of thioether (sulfide) groups is 1. The summed E-state index contributed by atoms with van der Waals surface area (Å²) in [5.41, 5.74) is 0.286. The van der Waals surface area contributed by atoms with E-state index in [9.17, 15) is 19.7 Å². The molecule has 27 heavy (non-hydrogen) atoms. The van der Waals surface area contributed by atoms with E-state index in [1.54, 1.807) is 31.2 Å². The summed E-state index contributed by atoms with van der Waals surface area (Å²) in [6, 6.07) is 9.00. The lowest BCUT2D eigenvalue weighted by molar-refractivity contribution is -0.384. The molecule has 142 valence electrons. The number of nitrogens with zero attached hydrogens (tertiary/aromatic N) is 2. The fraction of sp³-hybridized carbons (Fsp3) is 0.235. The number of anilines is 1. The molecule has 0 saturated carbocycles. The van der Waals surface area contributed by atoms with Crippen molar-refractivity contribution in [2.45, 2.75) is 30.1 Å². The minimum atomic E-state index is -1.03. The zero-order valence-electron chi connectivity index (χ0n) is 14.4. The van der Waals surface area contributed by atoms with Gasteiger partial charge >= 0.3 is 5.97 Å². The fourth-order valence-corrected chi connectivity index (χ4v) is 2.96. The molecule has 1 aromatic carbocycles. The third-order valence-electron chi connectivity index (χ3n) is 3.37. The second kappa shape index (κ2) is 9.33. The lowest BCUT2D eigenvalue weighted by Crippen LogP contribution is -2.32. The number of nitro benzene ring substituents is 1. The van der Waals surface area contributed by atoms with Gasteiger partial charge in [0.05, 0.1) is 10.6 Å². The van der Waals surface area contributed by atoms with Gasteiger partial charge in [-0.1, -0.05) is 11.6 Å². The van der Waals surface area contributed by atoms with Crippen molar-refractivity contribution in [3.63, 3.8) is 0 Å². The van der Waals surface area contributed by atoms with Crippen molar-refractivity contribution in [1.29, 1.82) is 0 Å². The Balaban J connectivity index is 1.90. The van der Waals surface area contributed by atoms with E-state index in [1.807, 2.05) is 0 Å². The summed E-state index contributed by atoms with van der Waals surface area (Å²) in [5.74, 6) is -1.12. The first-order valence-corrected chi connectivity index (χ1v) is 9.06. The third kappa shape index (κ3) is 5.93. The van der Waals surface area contributed by atoms with E-state index in [4.69, 9.17) is 16.3 Å². The van der Waals surface area contributed by atoms with Gasteiger partial charge < -0.3 is 10.1 Å². The van der Waals surface area contributed by atoms with Crippen LogP contribution in [0.4, 0.5) is 11.4 Å². The molecule has 2 rings (SSSR count). The first kappa shape index (κ1) is 20.7. The molecule has 0 aliphatic rings. The number of carbonyl (C=O) groups is 2. The van der Waals surface area contributed by atoms with E-state index >= 15 is 0 Å². The highest BCUT2D eigenvalue weighted by molar-refractivity contribution is 8.00. The normalized spacial score (nSPS) is 12.7. The Labute approximate surface area is 164 Å². The minimum Gasteiger partial charge on any atom is -0.452 e. The molecule has 1 N–H and O–H groups in total. The van der Waals surface area contributed by atoms with E-state index in [-0.39, 0.29) is 10.8 Å². The number of benzene rings is 1. The number of nitrogens with one attached hydrogen (secondary N) is 1. The Bertz CT molecular complexity index is 847. The largest absolute Gasteiger partial charge is 0.452 e. The van der Waals surface area contributed by atoms with Crippen LogP contribution < -0.4 is 5.32 Å². The molecule has 0 unspecified atom stereocenters. The Morgan fingerprint density at radius 1 is 1.26 bits per heavy atom. The van der Waals surface area contributed by atoms with Crippen molar-refractivity contribution in [1.82, 2.24) is 4.98 Å². The monoisotopic (exact) mass is 409 g/mol. The Morgan fingerprint density at radius 2 is 1.93 bits per heavy atom. The zero-order valence-corrected chi connectivity index (χ0v) is 16.0. The second-order valence-corrected chi connectivity index (χ2v) is 7.19. The van der Waals surface area contributed by atoms with Crippen molar-refractivity contribution in [3.8, 4) is 0 Å². The Kier molecular flexibility index (Phi) is 7.14. The summed E-state index contributed by atoms with van der Waals surface area (Å²) in [6.07, 6.45) is 0.451. The van der Waals surface area contributed by atoms with Crippen molar-refractivity contribution >= 4 is 46.6 Å². The molecular weight excluding hydrogens is 394 g/mol. The van der Waals surface area contributed by atoms with Crippen LogP contribution in [0.25, 0.3) is 0 Å². The van der Waals surface area contributed by atoms with E-state index in [1.165, 1.54) is 37.0 Å². The number of pyridine rings is 1. The number of non-ortho nitro benzene ring substituents is 1. The predicted molar refractivity (Wildman–Crippen MR) is 102 cm³/mol. The second-order valence-electron chi connectivity index (χ2n) is 5.42. The molecule has 10 heteroatoms. The highest BCUT2D eigenvalue weighted by Gasteiger charge is 2.23. The molecule has 1 heterocycles. The first-order valence-electron chi connectivity index (χ1n) is 7.81. The van der Waals surface area contributed by atoms with Gasteiger partial charge in [-0.25, -0.2) is 4.98 Å². The number of ether oxygens (including phenoxy) is 1. The van der Waals surface area contributed by atoms with Gasteiger partial charge in [0.2, 0.25) is 0 Å². The highest BCUT2D eigenvalue weighted by Crippen LogP contribution is 2.26. The minimum absolute atomic E-state index is 0.0334. The van der Waals surface area contributed by atoms with Gasteiger partial charge in [-0.05, 0) is 38.1 Å². The smallest absolute Gasteiger partial charge is 0.319 e. The quantitative estimate of drug-likeness (QED) is 0.244. The molecule has 8 nitrogen and oxygen atoms in total. The van der Waals surface area contributed by atoms with Crippen LogP contribution in [-0.2, 0) is 14.3 Å². The number of esters is 1. The molecule has 0 aliphatic carbocycles.